The van der Waals surface area contributed by atoms with Crippen molar-refractivity contribution in [2.24, 2.45) is 0 Å². The van der Waals surface area contributed by atoms with E-state index in [1.165, 1.54) is 36.1 Å². The molecule has 1 aromatic heterocycles. The monoisotopic (exact) mass is 277 g/mol. The van der Waals surface area contributed by atoms with E-state index in [1.54, 1.807) is 0 Å². The van der Waals surface area contributed by atoms with Gasteiger partial charge in [0, 0.05) is 19.2 Å². The first-order chi connectivity index (χ1) is 9.54. The van der Waals surface area contributed by atoms with Crippen molar-refractivity contribution in [2.45, 2.75) is 6.61 Å². The van der Waals surface area contributed by atoms with Crippen molar-refractivity contribution in [3.8, 4) is 5.69 Å². The Kier molecular flexibility index (Phi) is 3.71. The van der Waals surface area contributed by atoms with Gasteiger partial charge in [0.15, 0.2) is 0 Å². The maximum Gasteiger partial charge on any atom is 0.269 e. The van der Waals surface area contributed by atoms with Gasteiger partial charge >= 0.3 is 0 Å². The Morgan fingerprint density at radius 2 is 2.05 bits per heavy atom. The Balaban J connectivity index is 2.46. The summed E-state index contributed by atoms with van der Waals surface area (Å²) in [5, 5.41) is 28.7. The SMILES string of the molecule is COCc1c(C(=O)[O-])nnn1-c1ccc([N+](=O)[O-])cc1. The molecule has 0 amide bonds. The molecule has 0 saturated heterocycles. The lowest BCUT2D eigenvalue weighted by atomic mass is 10.2. The Labute approximate surface area is 112 Å². The topological polar surface area (TPSA) is 123 Å². The van der Waals surface area contributed by atoms with Crippen LogP contribution in [0.15, 0.2) is 24.3 Å². The van der Waals surface area contributed by atoms with Gasteiger partial charge in [-0.25, -0.2) is 4.68 Å². The van der Waals surface area contributed by atoms with Crippen LogP contribution in [0.3, 0.4) is 0 Å². The van der Waals surface area contributed by atoms with Gasteiger partial charge in [0.2, 0.25) is 0 Å². The number of aromatic nitrogens is 3. The summed E-state index contributed by atoms with van der Waals surface area (Å²) >= 11 is 0. The highest BCUT2D eigenvalue weighted by Gasteiger charge is 2.15. The molecule has 0 spiro atoms. The Hall–Kier alpha value is -2.81. The molecule has 20 heavy (non-hydrogen) atoms. The number of hydrogen-bond acceptors (Lipinski definition) is 7. The van der Waals surface area contributed by atoms with Crippen molar-refractivity contribution in [1.82, 2.24) is 15.0 Å². The number of nitro benzene ring substituents is 1. The molecule has 0 aliphatic heterocycles. The molecule has 104 valence electrons. The summed E-state index contributed by atoms with van der Waals surface area (Å²) in [7, 11) is 1.40. The number of non-ortho nitro benzene ring substituents is 1. The number of nitro groups is 1. The molecule has 0 aliphatic carbocycles. The predicted molar refractivity (Wildman–Crippen MR) is 63.1 cm³/mol. The van der Waals surface area contributed by atoms with Gasteiger partial charge in [-0.15, -0.1) is 5.10 Å². The molecule has 0 unspecified atom stereocenters. The van der Waals surface area contributed by atoms with Gasteiger partial charge in [0.25, 0.3) is 5.69 Å². The van der Waals surface area contributed by atoms with E-state index in [0.717, 1.165) is 0 Å². The van der Waals surface area contributed by atoms with Crippen LogP contribution in [0.4, 0.5) is 5.69 Å². The molecular formula is C11H9N4O5-. The van der Waals surface area contributed by atoms with Gasteiger partial charge < -0.3 is 14.6 Å². The lowest BCUT2D eigenvalue weighted by Crippen LogP contribution is -2.24. The Bertz CT molecular complexity index is 649. The van der Waals surface area contributed by atoms with Crippen molar-refractivity contribution >= 4 is 11.7 Å². The molecular weight excluding hydrogens is 268 g/mol. The number of carbonyl (C=O) groups is 1. The van der Waals surface area contributed by atoms with E-state index in [0.29, 0.717) is 5.69 Å². The summed E-state index contributed by atoms with van der Waals surface area (Å²) < 4.78 is 6.14. The number of hydrogen-bond donors (Lipinski definition) is 0. The molecule has 0 saturated carbocycles. The number of carboxylic acids is 1. The molecule has 1 aromatic carbocycles. The second kappa shape index (κ2) is 5.45. The van der Waals surface area contributed by atoms with E-state index >= 15 is 0 Å². The third-order valence-electron chi connectivity index (χ3n) is 2.54. The number of rotatable bonds is 5. The molecule has 0 fully saturated rings. The first-order valence-electron chi connectivity index (χ1n) is 5.44. The second-order valence-electron chi connectivity index (χ2n) is 3.79. The number of aromatic carboxylic acids is 1. The lowest BCUT2D eigenvalue weighted by Gasteiger charge is -2.07. The molecule has 9 heteroatoms. The number of methoxy groups -OCH3 is 1. The largest absolute Gasteiger partial charge is 0.543 e. The molecule has 0 bridgehead atoms. The highest BCUT2D eigenvalue weighted by molar-refractivity contribution is 5.84. The van der Waals surface area contributed by atoms with E-state index < -0.39 is 10.9 Å². The van der Waals surface area contributed by atoms with Gasteiger partial charge in [-0.2, -0.15) is 0 Å². The van der Waals surface area contributed by atoms with Crippen LogP contribution in [-0.2, 0) is 11.3 Å². The zero-order chi connectivity index (χ0) is 14.7. The fourth-order valence-electron chi connectivity index (χ4n) is 1.65. The van der Waals surface area contributed by atoms with Crippen LogP contribution < -0.4 is 5.11 Å². The minimum atomic E-state index is -1.47. The Morgan fingerprint density at radius 1 is 1.40 bits per heavy atom. The summed E-state index contributed by atoms with van der Waals surface area (Å²) in [6, 6.07) is 5.44. The van der Waals surface area contributed by atoms with Gasteiger partial charge in [0.05, 0.1) is 28.9 Å². The molecule has 1 heterocycles. The van der Waals surface area contributed by atoms with Crippen LogP contribution in [0, 0.1) is 10.1 Å². The summed E-state index contributed by atoms with van der Waals surface area (Å²) in [5.41, 5.74) is 0.219. The minimum Gasteiger partial charge on any atom is -0.543 e. The normalized spacial score (nSPS) is 10.4. The fourth-order valence-corrected chi connectivity index (χ4v) is 1.65. The van der Waals surface area contributed by atoms with Crippen molar-refractivity contribution in [2.75, 3.05) is 7.11 Å². The molecule has 0 atom stereocenters. The molecule has 0 radical (unpaired) electrons. The highest BCUT2D eigenvalue weighted by Crippen LogP contribution is 2.17. The third kappa shape index (κ3) is 2.47. The average molecular weight is 277 g/mol. The maximum atomic E-state index is 10.9. The lowest BCUT2D eigenvalue weighted by molar-refractivity contribution is -0.384. The number of benzene rings is 1. The number of ether oxygens (including phenoxy) is 1. The average Bonchev–Trinajstić information content (AvgIpc) is 2.83. The van der Waals surface area contributed by atoms with Crippen molar-refractivity contribution in [3.63, 3.8) is 0 Å². The molecule has 9 nitrogen and oxygen atoms in total. The van der Waals surface area contributed by atoms with Crippen molar-refractivity contribution in [3.05, 3.63) is 45.8 Å². The zero-order valence-corrected chi connectivity index (χ0v) is 10.3. The fraction of sp³-hybridized carbons (Fsp3) is 0.182. The summed E-state index contributed by atoms with van der Waals surface area (Å²) in [5.74, 6) is -1.47. The zero-order valence-electron chi connectivity index (χ0n) is 10.3. The van der Waals surface area contributed by atoms with Gasteiger partial charge in [0.1, 0.15) is 5.69 Å². The van der Waals surface area contributed by atoms with Gasteiger partial charge in [-0.3, -0.25) is 10.1 Å². The summed E-state index contributed by atoms with van der Waals surface area (Å²) in [4.78, 5) is 21.0. The summed E-state index contributed by atoms with van der Waals surface area (Å²) in [6.07, 6.45) is 0. The number of carboxylic acid groups (broad SMARTS) is 1. The van der Waals surface area contributed by atoms with E-state index in [9.17, 15) is 20.0 Å². The number of nitrogens with zero attached hydrogens (tertiary/aromatic N) is 4. The van der Waals surface area contributed by atoms with E-state index in [4.69, 9.17) is 4.74 Å². The smallest absolute Gasteiger partial charge is 0.269 e. The van der Waals surface area contributed by atoms with Crippen molar-refractivity contribution in [1.29, 1.82) is 0 Å². The maximum absolute atomic E-state index is 10.9. The first-order valence-corrected chi connectivity index (χ1v) is 5.44. The van der Waals surface area contributed by atoms with E-state index in [1.807, 2.05) is 0 Å². The highest BCUT2D eigenvalue weighted by atomic mass is 16.6. The van der Waals surface area contributed by atoms with Crippen LogP contribution >= 0.6 is 0 Å². The quantitative estimate of drug-likeness (QED) is 0.542. The summed E-state index contributed by atoms with van der Waals surface area (Å²) in [6.45, 7) is -0.0344. The van der Waals surface area contributed by atoms with Crippen LogP contribution in [0.5, 0.6) is 0 Å². The van der Waals surface area contributed by atoms with Crippen LogP contribution in [0.1, 0.15) is 16.2 Å². The predicted octanol–water partition coefficient (Wildman–Crippen LogP) is -0.315. The van der Waals surface area contributed by atoms with Crippen LogP contribution in [-0.4, -0.2) is 33.0 Å². The van der Waals surface area contributed by atoms with Gasteiger partial charge in [-0.05, 0) is 12.1 Å². The van der Waals surface area contributed by atoms with Crippen LogP contribution in [0.2, 0.25) is 0 Å². The molecule has 0 aliphatic rings. The van der Waals surface area contributed by atoms with Gasteiger partial charge in [-0.1, -0.05) is 5.21 Å². The Morgan fingerprint density at radius 3 is 2.55 bits per heavy atom. The molecule has 2 rings (SSSR count). The van der Waals surface area contributed by atoms with Crippen LogP contribution in [0.25, 0.3) is 5.69 Å². The second-order valence-corrected chi connectivity index (χ2v) is 3.79. The first kappa shape index (κ1) is 13.6. The standard InChI is InChI=1S/C11H10N4O5/c1-20-6-9-10(11(16)17)12-13-14(9)7-2-4-8(5-3-7)15(18)19/h2-5H,6H2,1H3,(H,16,17)/p-1. The number of carbonyl (C=O) groups excluding carboxylic acids is 1. The molecule has 0 N–H and O–H groups in total. The van der Waals surface area contributed by atoms with E-state index in [-0.39, 0.29) is 23.7 Å². The molecule has 2 aromatic rings. The minimum absolute atomic E-state index is 0.0344. The van der Waals surface area contributed by atoms with Crippen molar-refractivity contribution < 1.29 is 19.6 Å². The third-order valence-corrected chi connectivity index (χ3v) is 2.54. The van der Waals surface area contributed by atoms with E-state index in [2.05, 4.69) is 10.3 Å².